The number of amides is 1. The third kappa shape index (κ3) is 2.91. The summed E-state index contributed by atoms with van der Waals surface area (Å²) in [4.78, 5) is 12.2. The second-order valence-corrected chi connectivity index (χ2v) is 5.07. The molecule has 0 aliphatic heterocycles. The van der Waals surface area contributed by atoms with Crippen molar-refractivity contribution in [1.29, 1.82) is 0 Å². The first-order valence-corrected chi connectivity index (χ1v) is 6.16. The van der Waals surface area contributed by atoms with Gasteiger partial charge in [0.25, 0.3) is 5.91 Å². The zero-order chi connectivity index (χ0) is 13.2. The first-order valence-electron chi connectivity index (χ1n) is 6.16. The predicted octanol–water partition coefficient (Wildman–Crippen LogP) is 1.59. The Bertz CT molecular complexity index is 533. The van der Waals surface area contributed by atoms with Crippen LogP contribution in [0.1, 0.15) is 41.3 Å². The molecule has 1 amide bonds. The van der Waals surface area contributed by atoms with Crippen molar-refractivity contribution in [2.75, 3.05) is 6.54 Å². The number of carbonyl (C=O) groups is 1. The van der Waals surface area contributed by atoms with E-state index >= 15 is 0 Å². The Balaban J connectivity index is 2.29. The molecule has 3 N–H and O–H groups in total. The number of hydrogen-bond acceptors (Lipinski definition) is 2. The monoisotopic (exact) mass is 242 g/mol. The van der Waals surface area contributed by atoms with Gasteiger partial charge in [0.2, 0.25) is 0 Å². The zero-order valence-corrected chi connectivity index (χ0v) is 10.8. The molecule has 1 fully saturated rings. The van der Waals surface area contributed by atoms with Crippen LogP contribution >= 0.6 is 0 Å². The van der Waals surface area contributed by atoms with Gasteiger partial charge in [-0.25, -0.2) is 0 Å². The second kappa shape index (κ2) is 4.83. The van der Waals surface area contributed by atoms with Crippen molar-refractivity contribution in [3.05, 3.63) is 34.9 Å². The van der Waals surface area contributed by atoms with Crippen molar-refractivity contribution in [2.24, 2.45) is 5.73 Å². The number of hydrogen-bond donors (Lipinski definition) is 2. The molecule has 0 saturated heterocycles. The SMILES string of the molecule is Cc1ccc(C#CCN)c(C(=O)NC2(C)CC2)c1. The average molecular weight is 242 g/mol. The van der Waals surface area contributed by atoms with Crippen molar-refractivity contribution < 1.29 is 4.79 Å². The quantitative estimate of drug-likeness (QED) is 0.774. The molecule has 0 radical (unpaired) electrons. The fourth-order valence-electron chi connectivity index (χ4n) is 1.76. The number of carbonyl (C=O) groups excluding carboxylic acids is 1. The van der Waals surface area contributed by atoms with Crippen LogP contribution in [0.25, 0.3) is 0 Å². The molecule has 1 aliphatic rings. The van der Waals surface area contributed by atoms with E-state index in [1.807, 2.05) is 25.1 Å². The Kier molecular flexibility index (Phi) is 3.40. The molecular weight excluding hydrogens is 224 g/mol. The van der Waals surface area contributed by atoms with Crippen LogP contribution in [-0.2, 0) is 0 Å². The largest absolute Gasteiger partial charge is 0.347 e. The molecular formula is C15H18N2O. The first-order chi connectivity index (χ1) is 8.54. The lowest BCUT2D eigenvalue weighted by molar-refractivity contribution is 0.0935. The number of nitrogens with one attached hydrogen (secondary N) is 1. The van der Waals surface area contributed by atoms with Crippen molar-refractivity contribution >= 4 is 5.91 Å². The van der Waals surface area contributed by atoms with Gasteiger partial charge >= 0.3 is 0 Å². The smallest absolute Gasteiger partial charge is 0.252 e. The van der Waals surface area contributed by atoms with E-state index in [1.54, 1.807) is 0 Å². The minimum absolute atomic E-state index is 0.0145. The molecule has 2 rings (SSSR count). The van der Waals surface area contributed by atoms with Crippen LogP contribution in [0.4, 0.5) is 0 Å². The maximum absolute atomic E-state index is 12.2. The molecule has 1 aliphatic carbocycles. The molecule has 18 heavy (non-hydrogen) atoms. The van der Waals surface area contributed by atoms with Crippen LogP contribution in [0.2, 0.25) is 0 Å². The van der Waals surface area contributed by atoms with Gasteiger partial charge in [-0.2, -0.15) is 0 Å². The summed E-state index contributed by atoms with van der Waals surface area (Å²) in [5.74, 6) is 5.71. The fourth-order valence-corrected chi connectivity index (χ4v) is 1.76. The second-order valence-electron chi connectivity index (χ2n) is 5.07. The summed E-state index contributed by atoms with van der Waals surface area (Å²) in [6.45, 7) is 4.33. The molecule has 0 bridgehead atoms. The molecule has 0 atom stereocenters. The number of benzene rings is 1. The lowest BCUT2D eigenvalue weighted by atomic mass is 10.0. The van der Waals surface area contributed by atoms with Gasteiger partial charge in [-0.15, -0.1) is 0 Å². The Morgan fingerprint density at radius 1 is 1.50 bits per heavy atom. The average Bonchev–Trinajstić information content (AvgIpc) is 3.05. The van der Waals surface area contributed by atoms with E-state index in [4.69, 9.17) is 5.73 Å². The van der Waals surface area contributed by atoms with Crippen LogP contribution in [0.15, 0.2) is 18.2 Å². The zero-order valence-electron chi connectivity index (χ0n) is 10.8. The molecule has 0 unspecified atom stereocenters. The van der Waals surface area contributed by atoms with Gasteiger partial charge < -0.3 is 11.1 Å². The van der Waals surface area contributed by atoms with Gasteiger partial charge in [0.1, 0.15) is 0 Å². The minimum atomic E-state index is -0.0416. The first kappa shape index (κ1) is 12.7. The highest BCUT2D eigenvalue weighted by molar-refractivity contribution is 5.97. The Morgan fingerprint density at radius 2 is 2.22 bits per heavy atom. The highest BCUT2D eigenvalue weighted by atomic mass is 16.1. The summed E-state index contributed by atoms with van der Waals surface area (Å²) in [6, 6.07) is 5.71. The molecule has 94 valence electrons. The van der Waals surface area contributed by atoms with Gasteiger partial charge in [-0.1, -0.05) is 23.5 Å². The van der Waals surface area contributed by atoms with Crippen molar-refractivity contribution in [3.63, 3.8) is 0 Å². The lowest BCUT2D eigenvalue weighted by Gasteiger charge is -2.13. The number of aryl methyl sites for hydroxylation is 1. The Hall–Kier alpha value is -1.79. The summed E-state index contributed by atoms with van der Waals surface area (Å²) in [7, 11) is 0. The van der Waals surface area contributed by atoms with E-state index < -0.39 is 0 Å². The summed E-state index contributed by atoms with van der Waals surface area (Å²) in [5, 5.41) is 3.05. The van der Waals surface area contributed by atoms with Gasteiger partial charge in [0, 0.05) is 11.1 Å². The Labute approximate surface area is 108 Å². The van der Waals surface area contributed by atoms with Gasteiger partial charge in [0.05, 0.1) is 12.1 Å². The van der Waals surface area contributed by atoms with Crippen molar-refractivity contribution in [3.8, 4) is 11.8 Å². The van der Waals surface area contributed by atoms with Crippen LogP contribution in [0.3, 0.4) is 0 Å². The molecule has 1 aromatic rings. The molecule has 1 saturated carbocycles. The van der Waals surface area contributed by atoms with Gasteiger partial charge in [-0.05, 0) is 38.8 Å². The van der Waals surface area contributed by atoms with Crippen molar-refractivity contribution in [1.82, 2.24) is 5.32 Å². The third-order valence-corrected chi connectivity index (χ3v) is 3.16. The van der Waals surface area contributed by atoms with Crippen LogP contribution in [0.5, 0.6) is 0 Å². The molecule has 3 nitrogen and oxygen atoms in total. The maximum Gasteiger partial charge on any atom is 0.252 e. The molecule has 0 heterocycles. The molecule has 3 heteroatoms. The third-order valence-electron chi connectivity index (χ3n) is 3.16. The Morgan fingerprint density at radius 3 is 2.83 bits per heavy atom. The van der Waals surface area contributed by atoms with Crippen LogP contribution < -0.4 is 11.1 Å². The van der Waals surface area contributed by atoms with Crippen LogP contribution in [0, 0.1) is 18.8 Å². The van der Waals surface area contributed by atoms with E-state index in [0.717, 1.165) is 24.0 Å². The topological polar surface area (TPSA) is 55.1 Å². The molecule has 1 aromatic carbocycles. The normalized spacial score (nSPS) is 15.5. The summed E-state index contributed by atoms with van der Waals surface area (Å²) in [6.07, 6.45) is 2.10. The van der Waals surface area contributed by atoms with E-state index in [0.29, 0.717) is 12.1 Å². The summed E-state index contributed by atoms with van der Waals surface area (Å²) < 4.78 is 0. The van der Waals surface area contributed by atoms with E-state index in [9.17, 15) is 4.79 Å². The van der Waals surface area contributed by atoms with Crippen LogP contribution in [-0.4, -0.2) is 18.0 Å². The number of nitrogens with two attached hydrogens (primary N) is 1. The standard InChI is InChI=1S/C15H18N2O/c1-11-5-6-12(4-3-9-16)13(10-11)14(18)17-15(2)7-8-15/h5-6,10H,7-9,16H2,1-2H3,(H,17,18). The highest BCUT2D eigenvalue weighted by Gasteiger charge is 2.39. The summed E-state index contributed by atoms with van der Waals surface area (Å²) in [5.41, 5.74) is 7.80. The summed E-state index contributed by atoms with van der Waals surface area (Å²) >= 11 is 0. The van der Waals surface area contributed by atoms with Crippen molar-refractivity contribution in [2.45, 2.75) is 32.2 Å². The molecule has 0 aromatic heterocycles. The van der Waals surface area contributed by atoms with Gasteiger partial charge in [-0.3, -0.25) is 4.79 Å². The molecule has 0 spiro atoms. The number of rotatable bonds is 2. The predicted molar refractivity (Wildman–Crippen MR) is 72.2 cm³/mol. The lowest BCUT2D eigenvalue weighted by Crippen LogP contribution is -2.34. The van der Waals surface area contributed by atoms with E-state index in [1.165, 1.54) is 0 Å². The van der Waals surface area contributed by atoms with E-state index in [-0.39, 0.29) is 11.4 Å². The van der Waals surface area contributed by atoms with E-state index in [2.05, 4.69) is 24.1 Å². The van der Waals surface area contributed by atoms with Gasteiger partial charge in [0.15, 0.2) is 0 Å². The fraction of sp³-hybridized carbons (Fsp3) is 0.400. The highest BCUT2D eigenvalue weighted by Crippen LogP contribution is 2.34. The minimum Gasteiger partial charge on any atom is -0.347 e. The maximum atomic E-state index is 12.2.